The van der Waals surface area contributed by atoms with Crippen LogP contribution in [-0.4, -0.2) is 151 Å². The lowest BCUT2D eigenvalue weighted by atomic mass is 10.1. The van der Waals surface area contributed by atoms with Crippen molar-refractivity contribution in [2.45, 2.75) is 45.4 Å². The van der Waals surface area contributed by atoms with Crippen molar-refractivity contribution in [1.82, 2.24) is 24.9 Å². The minimum absolute atomic E-state index is 0.138. The van der Waals surface area contributed by atoms with Gasteiger partial charge in [0.15, 0.2) is 0 Å². The van der Waals surface area contributed by atoms with Crippen molar-refractivity contribution in [2.75, 3.05) is 109 Å². The Morgan fingerprint density at radius 3 is 1.32 bits per heavy atom. The third-order valence-corrected chi connectivity index (χ3v) is 7.67. The monoisotopic (exact) mass is 625 g/mol. The average Bonchev–Trinajstić information content (AvgIpc) is 2.96. The van der Waals surface area contributed by atoms with E-state index in [4.69, 9.17) is 0 Å². The van der Waals surface area contributed by atoms with Gasteiger partial charge in [-0.2, -0.15) is 0 Å². The number of anilines is 2. The molecule has 1 aliphatic heterocycles. The summed E-state index contributed by atoms with van der Waals surface area (Å²) < 4.78 is 0. The van der Waals surface area contributed by atoms with E-state index in [0.29, 0.717) is 83.5 Å². The standard InChI is InChI=1S/C29H51N7O8/c1-2-3-9-31-26-27(29(44)28(26)43)32-10-7-5-4-6-8-30-22-36-17-15-34(20-24(39)40)13-11-33(19-23(37)38)12-14-35(16-18-36)21-25(41)42/h30-32H,2-22H2,1H3,(H,37,38)(H,39,40)(H,41,42). The van der Waals surface area contributed by atoms with Gasteiger partial charge in [0.25, 0.3) is 10.9 Å². The van der Waals surface area contributed by atoms with Crippen LogP contribution in [0.5, 0.6) is 0 Å². The van der Waals surface area contributed by atoms with E-state index in [-0.39, 0.29) is 19.6 Å². The zero-order valence-electron chi connectivity index (χ0n) is 26.0. The first kappa shape index (κ1) is 37.1. The second-order valence-electron chi connectivity index (χ2n) is 11.3. The first-order chi connectivity index (χ1) is 21.1. The molecule has 0 amide bonds. The predicted octanol–water partition coefficient (Wildman–Crippen LogP) is -0.511. The molecule has 0 atom stereocenters. The number of nitrogens with one attached hydrogen (secondary N) is 3. The van der Waals surface area contributed by atoms with Gasteiger partial charge in [-0.15, -0.1) is 0 Å². The zero-order chi connectivity index (χ0) is 32.3. The predicted molar refractivity (Wildman–Crippen MR) is 168 cm³/mol. The van der Waals surface area contributed by atoms with Crippen LogP contribution in [0, 0.1) is 0 Å². The molecule has 0 bridgehead atoms. The van der Waals surface area contributed by atoms with E-state index in [1.807, 2.05) is 9.80 Å². The number of hydrogen-bond donors (Lipinski definition) is 6. The summed E-state index contributed by atoms with van der Waals surface area (Å²) in [6.07, 6.45) is 5.74. The summed E-state index contributed by atoms with van der Waals surface area (Å²) in [6, 6.07) is 0. The maximum Gasteiger partial charge on any atom is 0.317 e. The molecule has 0 radical (unpaired) electrons. The van der Waals surface area contributed by atoms with Gasteiger partial charge in [-0.05, 0) is 25.8 Å². The molecule has 0 spiro atoms. The molecular formula is C29H51N7O8. The van der Waals surface area contributed by atoms with Crippen molar-refractivity contribution in [1.29, 1.82) is 0 Å². The summed E-state index contributed by atoms with van der Waals surface area (Å²) in [5, 5.41) is 37.6. The van der Waals surface area contributed by atoms with E-state index in [0.717, 1.165) is 45.1 Å². The van der Waals surface area contributed by atoms with Crippen LogP contribution in [0.25, 0.3) is 0 Å². The molecule has 1 aromatic carbocycles. The van der Waals surface area contributed by atoms with Gasteiger partial charge in [-0.3, -0.25) is 43.6 Å². The number of rotatable bonds is 20. The van der Waals surface area contributed by atoms with Crippen molar-refractivity contribution >= 4 is 29.3 Å². The highest BCUT2D eigenvalue weighted by Crippen LogP contribution is 2.14. The zero-order valence-corrected chi connectivity index (χ0v) is 26.0. The number of carboxylic acid groups (broad SMARTS) is 3. The van der Waals surface area contributed by atoms with Gasteiger partial charge in [0, 0.05) is 72.1 Å². The third-order valence-electron chi connectivity index (χ3n) is 7.67. The molecule has 0 aromatic heterocycles. The summed E-state index contributed by atoms with van der Waals surface area (Å²) in [7, 11) is 0. The topological polar surface area (TPSA) is 195 Å². The quantitative estimate of drug-likeness (QED) is 0.0800. The largest absolute Gasteiger partial charge is 0.480 e. The molecule has 250 valence electrons. The smallest absolute Gasteiger partial charge is 0.317 e. The summed E-state index contributed by atoms with van der Waals surface area (Å²) in [5.74, 6) is -2.86. The van der Waals surface area contributed by atoms with Gasteiger partial charge in [0.05, 0.1) is 19.6 Å². The number of aliphatic carboxylic acids is 3. The fraction of sp³-hybridized carbons (Fsp3) is 0.759. The van der Waals surface area contributed by atoms with Gasteiger partial charge >= 0.3 is 17.9 Å². The van der Waals surface area contributed by atoms with E-state index >= 15 is 0 Å². The maximum absolute atomic E-state index is 11.9. The molecule has 6 N–H and O–H groups in total. The highest BCUT2D eigenvalue weighted by molar-refractivity contribution is 5.74. The summed E-state index contributed by atoms with van der Waals surface area (Å²) in [5.41, 5.74) is -0.0854. The van der Waals surface area contributed by atoms with Crippen molar-refractivity contribution in [2.24, 2.45) is 0 Å². The first-order valence-corrected chi connectivity index (χ1v) is 15.7. The molecule has 0 saturated carbocycles. The minimum atomic E-state index is -0.981. The molecular weight excluding hydrogens is 574 g/mol. The van der Waals surface area contributed by atoms with E-state index in [1.165, 1.54) is 0 Å². The van der Waals surface area contributed by atoms with Crippen LogP contribution in [0.2, 0.25) is 0 Å². The van der Waals surface area contributed by atoms with Gasteiger partial charge in [-0.25, -0.2) is 0 Å². The Hall–Kier alpha value is -3.11. The lowest BCUT2D eigenvalue weighted by Crippen LogP contribution is -2.49. The Kier molecular flexibility index (Phi) is 17.5. The number of hydrogen-bond acceptors (Lipinski definition) is 12. The lowest BCUT2D eigenvalue weighted by Gasteiger charge is -2.33. The van der Waals surface area contributed by atoms with Crippen LogP contribution in [0.1, 0.15) is 45.4 Å². The third kappa shape index (κ3) is 14.6. The Bertz CT molecular complexity index is 1060. The fourth-order valence-electron chi connectivity index (χ4n) is 5.08. The van der Waals surface area contributed by atoms with Gasteiger partial charge in [0.2, 0.25) is 0 Å². The van der Waals surface area contributed by atoms with Gasteiger partial charge < -0.3 is 31.3 Å². The van der Waals surface area contributed by atoms with Gasteiger partial charge in [-0.1, -0.05) is 26.2 Å². The van der Waals surface area contributed by atoms with E-state index in [2.05, 4.69) is 27.8 Å². The highest BCUT2D eigenvalue weighted by Gasteiger charge is 2.21. The van der Waals surface area contributed by atoms with E-state index < -0.39 is 28.8 Å². The van der Waals surface area contributed by atoms with Crippen LogP contribution in [0.15, 0.2) is 9.59 Å². The van der Waals surface area contributed by atoms with Crippen molar-refractivity contribution in [3.8, 4) is 0 Å². The molecule has 0 aliphatic carbocycles. The second kappa shape index (κ2) is 20.8. The lowest BCUT2D eigenvalue weighted by molar-refractivity contribution is -0.140. The van der Waals surface area contributed by atoms with Crippen LogP contribution in [0.4, 0.5) is 11.4 Å². The second-order valence-corrected chi connectivity index (χ2v) is 11.3. The molecule has 44 heavy (non-hydrogen) atoms. The molecule has 1 aromatic rings. The summed E-state index contributed by atoms with van der Waals surface area (Å²) in [6.45, 7) is 7.94. The number of carboxylic acids is 3. The van der Waals surface area contributed by atoms with Crippen LogP contribution >= 0.6 is 0 Å². The first-order valence-electron chi connectivity index (χ1n) is 15.7. The minimum Gasteiger partial charge on any atom is -0.480 e. The normalized spacial score (nSPS) is 16.8. The van der Waals surface area contributed by atoms with Gasteiger partial charge in [0.1, 0.15) is 11.4 Å². The van der Waals surface area contributed by atoms with Crippen molar-refractivity contribution in [3.05, 3.63) is 20.4 Å². The number of nitrogens with zero attached hydrogens (tertiary/aromatic N) is 4. The molecule has 1 heterocycles. The van der Waals surface area contributed by atoms with Crippen molar-refractivity contribution in [3.63, 3.8) is 0 Å². The highest BCUT2D eigenvalue weighted by atomic mass is 16.4. The van der Waals surface area contributed by atoms with Crippen LogP contribution in [-0.2, 0) is 14.4 Å². The Morgan fingerprint density at radius 1 is 0.568 bits per heavy atom. The Labute approximate surface area is 258 Å². The van der Waals surface area contributed by atoms with E-state index in [9.17, 15) is 39.3 Å². The van der Waals surface area contributed by atoms with Crippen molar-refractivity contribution < 1.29 is 29.7 Å². The maximum atomic E-state index is 11.9. The molecule has 1 saturated heterocycles. The molecule has 0 unspecified atom stereocenters. The Morgan fingerprint density at radius 2 is 0.932 bits per heavy atom. The average molecular weight is 626 g/mol. The van der Waals surface area contributed by atoms with Crippen LogP contribution in [0.3, 0.4) is 0 Å². The summed E-state index contributed by atoms with van der Waals surface area (Å²) >= 11 is 0. The molecule has 1 aliphatic rings. The fourth-order valence-corrected chi connectivity index (χ4v) is 5.08. The molecule has 2 rings (SSSR count). The number of unbranched alkanes of at least 4 members (excludes halogenated alkanes) is 4. The Balaban J connectivity index is 1.77. The van der Waals surface area contributed by atoms with Crippen LogP contribution < -0.4 is 26.8 Å². The molecule has 15 heteroatoms. The molecule has 15 nitrogen and oxygen atoms in total. The SMILES string of the molecule is CCCCNc1c(NCCCCCCNCN2CCN(CC(=O)O)CCN(CC(=O)O)CCN(CC(=O)O)CC2)c(=O)c1=O. The summed E-state index contributed by atoms with van der Waals surface area (Å²) in [4.78, 5) is 65.3. The number of carbonyl (C=O) groups is 3. The van der Waals surface area contributed by atoms with E-state index in [1.54, 1.807) is 4.90 Å². The molecule has 1 fully saturated rings.